The molecule has 0 spiro atoms. The number of hydrogen-bond donors (Lipinski definition) is 1. The van der Waals surface area contributed by atoms with Crippen LogP contribution >= 0.6 is 27.5 Å². The van der Waals surface area contributed by atoms with Gasteiger partial charge in [0.25, 0.3) is 0 Å². The first-order valence-electron chi connectivity index (χ1n) is 4.16. The van der Waals surface area contributed by atoms with E-state index in [4.69, 9.17) is 11.6 Å². The molecular formula is C8H8BrClN4. The molecule has 0 atom stereocenters. The van der Waals surface area contributed by atoms with Crippen LogP contribution in [0.25, 0.3) is 5.52 Å². The van der Waals surface area contributed by atoms with Crippen LogP contribution in [0, 0.1) is 0 Å². The summed E-state index contributed by atoms with van der Waals surface area (Å²) in [5.41, 5.74) is 0.899. The monoisotopic (exact) mass is 274 g/mol. The van der Waals surface area contributed by atoms with E-state index >= 15 is 0 Å². The molecule has 14 heavy (non-hydrogen) atoms. The second-order valence-electron chi connectivity index (χ2n) is 2.72. The summed E-state index contributed by atoms with van der Waals surface area (Å²) < 4.78 is 2.64. The lowest BCUT2D eigenvalue weighted by molar-refractivity contribution is 0.902. The van der Waals surface area contributed by atoms with Crippen LogP contribution in [0.2, 0.25) is 5.28 Å². The first-order chi connectivity index (χ1) is 6.72. The highest BCUT2D eigenvalue weighted by molar-refractivity contribution is 9.10. The number of nitrogens with zero attached hydrogens (tertiary/aromatic N) is 3. The van der Waals surface area contributed by atoms with Crippen LogP contribution in [0.5, 0.6) is 0 Å². The van der Waals surface area contributed by atoms with Crippen LogP contribution in [0.15, 0.2) is 16.7 Å². The molecule has 0 aliphatic heterocycles. The lowest BCUT2D eigenvalue weighted by atomic mass is 10.5. The lowest BCUT2D eigenvalue weighted by Crippen LogP contribution is -2.04. The Morgan fingerprint density at radius 1 is 1.64 bits per heavy atom. The van der Waals surface area contributed by atoms with Gasteiger partial charge in [0.15, 0.2) is 5.82 Å². The summed E-state index contributed by atoms with van der Waals surface area (Å²) in [5.74, 6) is 0.740. The zero-order valence-electron chi connectivity index (χ0n) is 7.46. The Morgan fingerprint density at radius 3 is 3.14 bits per heavy atom. The number of fused-ring (bicyclic) bond motifs is 1. The molecule has 0 amide bonds. The molecule has 0 radical (unpaired) electrons. The number of anilines is 1. The average Bonchev–Trinajstić information content (AvgIpc) is 2.48. The molecule has 0 saturated carbocycles. The minimum Gasteiger partial charge on any atom is -0.368 e. The van der Waals surface area contributed by atoms with Crippen molar-refractivity contribution in [3.63, 3.8) is 0 Å². The third-order valence-corrected chi connectivity index (χ3v) is 2.58. The van der Waals surface area contributed by atoms with E-state index in [-0.39, 0.29) is 5.28 Å². The number of hydrogen-bond acceptors (Lipinski definition) is 3. The quantitative estimate of drug-likeness (QED) is 0.916. The summed E-state index contributed by atoms with van der Waals surface area (Å²) in [4.78, 5) is 4.12. The molecule has 2 rings (SSSR count). The smallest absolute Gasteiger partial charge is 0.243 e. The highest BCUT2D eigenvalue weighted by atomic mass is 79.9. The molecule has 2 aromatic heterocycles. The fourth-order valence-electron chi connectivity index (χ4n) is 1.25. The largest absolute Gasteiger partial charge is 0.368 e. The zero-order valence-corrected chi connectivity index (χ0v) is 9.80. The van der Waals surface area contributed by atoms with Gasteiger partial charge in [0.1, 0.15) is 5.52 Å². The second-order valence-corrected chi connectivity index (χ2v) is 3.91. The fourth-order valence-corrected chi connectivity index (χ4v) is 1.90. The minimum absolute atomic E-state index is 0.233. The lowest BCUT2D eigenvalue weighted by Gasteiger charge is -2.05. The molecular weight excluding hydrogens is 267 g/mol. The topological polar surface area (TPSA) is 42.2 Å². The Kier molecular flexibility index (Phi) is 2.60. The highest BCUT2D eigenvalue weighted by Crippen LogP contribution is 2.25. The second kappa shape index (κ2) is 3.74. The Hall–Kier alpha value is -0.810. The molecule has 6 heteroatoms. The normalized spacial score (nSPS) is 10.8. The van der Waals surface area contributed by atoms with Gasteiger partial charge in [-0.05, 0) is 40.5 Å². The zero-order chi connectivity index (χ0) is 10.1. The van der Waals surface area contributed by atoms with Gasteiger partial charge in [0, 0.05) is 17.2 Å². The SMILES string of the molecule is CCNc1nc(Cl)nn2ccc(Br)c12. The number of nitrogens with one attached hydrogen (secondary N) is 1. The van der Waals surface area contributed by atoms with Gasteiger partial charge < -0.3 is 5.32 Å². The first-order valence-corrected chi connectivity index (χ1v) is 5.33. The van der Waals surface area contributed by atoms with Gasteiger partial charge in [-0.15, -0.1) is 5.10 Å². The maximum atomic E-state index is 5.77. The first kappa shape index (κ1) is 9.73. The third kappa shape index (κ3) is 1.57. The van der Waals surface area contributed by atoms with Gasteiger partial charge in [0.2, 0.25) is 5.28 Å². The van der Waals surface area contributed by atoms with Gasteiger partial charge in [-0.2, -0.15) is 4.98 Å². The predicted molar refractivity (Wildman–Crippen MR) is 59.9 cm³/mol. The average molecular weight is 276 g/mol. The Balaban J connectivity index is 2.70. The molecule has 0 aliphatic carbocycles. The van der Waals surface area contributed by atoms with Crippen LogP contribution in [-0.4, -0.2) is 21.1 Å². The predicted octanol–water partition coefficient (Wildman–Crippen LogP) is 2.58. The summed E-state index contributed by atoms with van der Waals surface area (Å²) in [6.07, 6.45) is 1.83. The van der Waals surface area contributed by atoms with E-state index in [0.29, 0.717) is 0 Å². The summed E-state index contributed by atoms with van der Waals surface area (Å²) in [6, 6.07) is 1.90. The van der Waals surface area contributed by atoms with Crippen LogP contribution in [-0.2, 0) is 0 Å². The number of aromatic nitrogens is 3. The van der Waals surface area contributed by atoms with Crippen LogP contribution in [0.3, 0.4) is 0 Å². The third-order valence-electron chi connectivity index (χ3n) is 1.78. The standard InChI is InChI=1S/C8H8BrClN4/c1-2-11-7-6-5(9)3-4-14(6)13-8(10)12-7/h3-4H,2H2,1H3,(H,11,12,13). The van der Waals surface area contributed by atoms with Crippen molar-refractivity contribution in [2.24, 2.45) is 0 Å². The fraction of sp³-hybridized carbons (Fsp3) is 0.250. The van der Waals surface area contributed by atoms with Crippen LogP contribution < -0.4 is 5.32 Å². The molecule has 74 valence electrons. The number of halogens is 2. The maximum Gasteiger partial charge on any atom is 0.243 e. The van der Waals surface area contributed by atoms with Crippen molar-refractivity contribution < 1.29 is 0 Å². The van der Waals surface area contributed by atoms with Gasteiger partial charge in [-0.3, -0.25) is 0 Å². The van der Waals surface area contributed by atoms with E-state index < -0.39 is 0 Å². The van der Waals surface area contributed by atoms with Crippen molar-refractivity contribution in [1.29, 1.82) is 0 Å². The van der Waals surface area contributed by atoms with Crippen molar-refractivity contribution in [1.82, 2.24) is 14.6 Å². The van der Waals surface area contributed by atoms with E-state index in [9.17, 15) is 0 Å². The van der Waals surface area contributed by atoms with Gasteiger partial charge in [-0.25, -0.2) is 4.52 Å². The highest BCUT2D eigenvalue weighted by Gasteiger charge is 2.09. The maximum absolute atomic E-state index is 5.77. The van der Waals surface area contributed by atoms with Crippen molar-refractivity contribution >= 4 is 38.9 Å². The summed E-state index contributed by atoms with van der Waals surface area (Å²) in [5, 5.41) is 7.41. The van der Waals surface area contributed by atoms with Gasteiger partial charge >= 0.3 is 0 Å². The van der Waals surface area contributed by atoms with Crippen LogP contribution in [0.1, 0.15) is 6.92 Å². The Morgan fingerprint density at radius 2 is 2.43 bits per heavy atom. The van der Waals surface area contributed by atoms with E-state index in [1.54, 1.807) is 4.52 Å². The molecule has 0 aromatic carbocycles. The van der Waals surface area contributed by atoms with Crippen LogP contribution in [0.4, 0.5) is 5.82 Å². The molecule has 0 saturated heterocycles. The molecule has 0 aliphatic rings. The Labute approximate surface area is 94.4 Å². The summed E-state index contributed by atoms with van der Waals surface area (Å²) in [6.45, 7) is 2.80. The van der Waals surface area contributed by atoms with Gasteiger partial charge in [-0.1, -0.05) is 0 Å². The summed E-state index contributed by atoms with van der Waals surface area (Å²) >= 11 is 9.20. The molecule has 0 fully saturated rings. The van der Waals surface area contributed by atoms with Gasteiger partial charge in [0.05, 0.1) is 0 Å². The van der Waals surface area contributed by atoms with Crippen molar-refractivity contribution in [2.75, 3.05) is 11.9 Å². The molecule has 0 bridgehead atoms. The van der Waals surface area contributed by atoms with E-state index in [0.717, 1.165) is 22.4 Å². The molecule has 1 N–H and O–H groups in total. The van der Waals surface area contributed by atoms with E-state index in [1.807, 2.05) is 19.2 Å². The Bertz CT molecular complexity index is 468. The molecule has 2 heterocycles. The van der Waals surface area contributed by atoms with Crippen molar-refractivity contribution in [2.45, 2.75) is 6.92 Å². The molecule has 4 nitrogen and oxygen atoms in total. The van der Waals surface area contributed by atoms with E-state index in [1.165, 1.54) is 0 Å². The number of rotatable bonds is 2. The summed E-state index contributed by atoms with van der Waals surface area (Å²) in [7, 11) is 0. The minimum atomic E-state index is 0.233. The van der Waals surface area contributed by atoms with Crippen molar-refractivity contribution in [3.8, 4) is 0 Å². The van der Waals surface area contributed by atoms with E-state index in [2.05, 4.69) is 31.3 Å². The molecule has 2 aromatic rings. The molecule has 0 unspecified atom stereocenters. The van der Waals surface area contributed by atoms with Crippen molar-refractivity contribution in [3.05, 3.63) is 22.0 Å².